The number of aliphatic hydroxyl groups excluding tert-OH is 2. The van der Waals surface area contributed by atoms with Crippen LogP contribution in [0.25, 0.3) is 0 Å². The average Bonchev–Trinajstić information content (AvgIpc) is 1.99. The van der Waals surface area contributed by atoms with E-state index in [2.05, 4.69) is 12.6 Å². The van der Waals surface area contributed by atoms with E-state index < -0.39 is 24.6 Å². The molecule has 3 N–H and O–H groups in total. The minimum atomic E-state index is -0.993. The fourth-order valence-corrected chi connectivity index (χ4v) is 0.962. The molecule has 0 aliphatic heterocycles. The van der Waals surface area contributed by atoms with Gasteiger partial charge in [0.15, 0.2) is 0 Å². The van der Waals surface area contributed by atoms with E-state index in [1.807, 2.05) is 0 Å². The van der Waals surface area contributed by atoms with E-state index >= 15 is 0 Å². The number of carboxylic acids is 1. The van der Waals surface area contributed by atoms with E-state index in [1.54, 1.807) is 0 Å². The van der Waals surface area contributed by atoms with Crippen molar-refractivity contribution in [2.75, 3.05) is 12.4 Å². The summed E-state index contributed by atoms with van der Waals surface area (Å²) in [6, 6.07) is 0. The molecule has 0 aromatic heterocycles. The summed E-state index contributed by atoms with van der Waals surface area (Å²) in [4.78, 5) is 10.3. The molecule has 0 saturated heterocycles. The second-order valence-corrected chi connectivity index (χ2v) is 2.65. The third-order valence-electron chi connectivity index (χ3n) is 1.34. The first-order valence-electron chi connectivity index (χ1n) is 3.24. The van der Waals surface area contributed by atoms with Crippen LogP contribution >= 0.6 is 12.6 Å². The maximum Gasteiger partial charge on any atom is 0.307 e. The quantitative estimate of drug-likeness (QED) is 0.424. The zero-order chi connectivity index (χ0) is 8.85. The van der Waals surface area contributed by atoms with Crippen molar-refractivity contribution in [2.24, 2.45) is 5.92 Å². The standard InChI is InChI=1S/C6H12O4S/c7-2-5(8)1-4(3-11)6(9)10/h4-5,7-8,11H,1-3H2,(H,9,10). The molecular weight excluding hydrogens is 168 g/mol. The number of rotatable bonds is 5. The number of hydrogen-bond acceptors (Lipinski definition) is 4. The Morgan fingerprint density at radius 3 is 2.36 bits per heavy atom. The summed E-state index contributed by atoms with van der Waals surface area (Å²) < 4.78 is 0. The molecule has 0 bridgehead atoms. The van der Waals surface area contributed by atoms with Crippen LogP contribution < -0.4 is 0 Å². The van der Waals surface area contributed by atoms with Gasteiger partial charge in [-0.3, -0.25) is 4.79 Å². The second-order valence-electron chi connectivity index (χ2n) is 2.29. The Hall–Kier alpha value is -0.260. The van der Waals surface area contributed by atoms with Gasteiger partial charge in [-0.2, -0.15) is 12.6 Å². The number of thiol groups is 1. The Bertz CT molecular complexity index is 128. The molecule has 66 valence electrons. The van der Waals surface area contributed by atoms with E-state index in [9.17, 15) is 4.79 Å². The van der Waals surface area contributed by atoms with Gasteiger partial charge in [0.1, 0.15) is 0 Å². The van der Waals surface area contributed by atoms with Crippen molar-refractivity contribution in [3.8, 4) is 0 Å². The van der Waals surface area contributed by atoms with Crippen LogP contribution in [0, 0.1) is 5.92 Å². The van der Waals surface area contributed by atoms with Crippen LogP contribution in [-0.4, -0.2) is 39.8 Å². The highest BCUT2D eigenvalue weighted by Crippen LogP contribution is 2.08. The fourth-order valence-electron chi connectivity index (χ4n) is 0.656. The van der Waals surface area contributed by atoms with Crippen molar-refractivity contribution in [1.29, 1.82) is 0 Å². The highest BCUT2D eigenvalue weighted by atomic mass is 32.1. The molecule has 0 aliphatic carbocycles. The van der Waals surface area contributed by atoms with Gasteiger partial charge in [-0.25, -0.2) is 0 Å². The topological polar surface area (TPSA) is 77.8 Å². The molecule has 11 heavy (non-hydrogen) atoms. The minimum absolute atomic E-state index is 0.0509. The molecule has 0 amide bonds. The Labute approximate surface area is 70.3 Å². The van der Waals surface area contributed by atoms with E-state index in [1.165, 1.54) is 0 Å². The number of aliphatic hydroxyl groups is 2. The summed E-state index contributed by atoms with van der Waals surface area (Å²) in [6.07, 6.45) is -0.904. The van der Waals surface area contributed by atoms with Crippen molar-refractivity contribution < 1.29 is 20.1 Å². The molecule has 0 aromatic carbocycles. The van der Waals surface area contributed by atoms with Gasteiger partial charge < -0.3 is 15.3 Å². The molecule has 0 fully saturated rings. The normalized spacial score (nSPS) is 15.9. The van der Waals surface area contributed by atoms with Crippen molar-refractivity contribution >= 4 is 18.6 Å². The molecule has 0 saturated carbocycles. The smallest absolute Gasteiger partial charge is 0.307 e. The van der Waals surface area contributed by atoms with Crippen LogP contribution in [0.15, 0.2) is 0 Å². The first-order chi connectivity index (χ1) is 5.11. The van der Waals surface area contributed by atoms with E-state index in [0.717, 1.165) is 0 Å². The first kappa shape index (κ1) is 10.7. The molecule has 2 atom stereocenters. The number of carboxylic acid groups (broad SMARTS) is 1. The molecule has 2 unspecified atom stereocenters. The summed E-state index contributed by atoms with van der Waals surface area (Å²) in [5, 5.41) is 25.7. The van der Waals surface area contributed by atoms with Gasteiger partial charge in [0.2, 0.25) is 0 Å². The van der Waals surface area contributed by atoms with Crippen LogP contribution in [0.5, 0.6) is 0 Å². The third-order valence-corrected chi connectivity index (χ3v) is 1.78. The van der Waals surface area contributed by atoms with Crippen molar-refractivity contribution in [3.05, 3.63) is 0 Å². The molecule has 0 heterocycles. The monoisotopic (exact) mass is 180 g/mol. The van der Waals surface area contributed by atoms with E-state index in [4.69, 9.17) is 15.3 Å². The molecule has 5 heteroatoms. The van der Waals surface area contributed by atoms with E-state index in [-0.39, 0.29) is 12.2 Å². The summed E-state index contributed by atoms with van der Waals surface area (Å²) >= 11 is 3.79. The van der Waals surface area contributed by atoms with Gasteiger partial charge in [0, 0.05) is 5.75 Å². The zero-order valence-electron chi connectivity index (χ0n) is 5.97. The first-order valence-corrected chi connectivity index (χ1v) is 3.87. The van der Waals surface area contributed by atoms with Gasteiger partial charge in [-0.05, 0) is 6.42 Å². The maximum absolute atomic E-state index is 10.3. The van der Waals surface area contributed by atoms with Crippen LogP contribution in [0.3, 0.4) is 0 Å². The molecule has 0 rings (SSSR count). The minimum Gasteiger partial charge on any atom is -0.481 e. The predicted octanol–water partition coefficient (Wildman–Crippen LogP) is -0.640. The highest BCUT2D eigenvalue weighted by Gasteiger charge is 2.18. The van der Waals surface area contributed by atoms with Crippen molar-refractivity contribution in [1.82, 2.24) is 0 Å². The highest BCUT2D eigenvalue weighted by molar-refractivity contribution is 7.80. The average molecular weight is 180 g/mol. The van der Waals surface area contributed by atoms with Gasteiger partial charge in [0.05, 0.1) is 18.6 Å². The summed E-state index contributed by atoms with van der Waals surface area (Å²) in [7, 11) is 0. The van der Waals surface area contributed by atoms with Crippen LogP contribution in [0.4, 0.5) is 0 Å². The van der Waals surface area contributed by atoms with Crippen LogP contribution in [-0.2, 0) is 4.79 Å². The lowest BCUT2D eigenvalue weighted by molar-refractivity contribution is -0.142. The Kier molecular flexibility index (Phi) is 5.27. The summed E-state index contributed by atoms with van der Waals surface area (Å²) in [6.45, 7) is -0.405. The van der Waals surface area contributed by atoms with Crippen LogP contribution in [0.2, 0.25) is 0 Å². The van der Waals surface area contributed by atoms with Crippen LogP contribution in [0.1, 0.15) is 6.42 Å². The Morgan fingerprint density at radius 2 is 2.09 bits per heavy atom. The predicted molar refractivity (Wildman–Crippen MR) is 42.7 cm³/mol. The lowest BCUT2D eigenvalue weighted by Gasteiger charge is -2.11. The van der Waals surface area contributed by atoms with E-state index in [0.29, 0.717) is 0 Å². The van der Waals surface area contributed by atoms with Gasteiger partial charge in [-0.1, -0.05) is 0 Å². The number of carbonyl (C=O) groups is 1. The lowest BCUT2D eigenvalue weighted by Crippen LogP contribution is -2.24. The fraction of sp³-hybridized carbons (Fsp3) is 0.833. The number of aliphatic carboxylic acids is 1. The lowest BCUT2D eigenvalue weighted by atomic mass is 10.0. The summed E-state index contributed by atoms with van der Waals surface area (Å²) in [5.41, 5.74) is 0. The van der Waals surface area contributed by atoms with Gasteiger partial charge in [0.25, 0.3) is 0 Å². The third kappa shape index (κ3) is 4.23. The Balaban J connectivity index is 3.77. The molecular formula is C6H12O4S. The molecule has 4 nitrogen and oxygen atoms in total. The zero-order valence-corrected chi connectivity index (χ0v) is 6.87. The molecule has 0 spiro atoms. The van der Waals surface area contributed by atoms with Gasteiger partial charge in [-0.15, -0.1) is 0 Å². The largest absolute Gasteiger partial charge is 0.481 e. The molecule has 0 aromatic rings. The maximum atomic E-state index is 10.3. The molecule has 0 radical (unpaired) electrons. The summed E-state index contributed by atoms with van der Waals surface area (Å²) in [5.74, 6) is -1.50. The van der Waals surface area contributed by atoms with Gasteiger partial charge >= 0.3 is 5.97 Å². The van der Waals surface area contributed by atoms with Crippen molar-refractivity contribution in [3.63, 3.8) is 0 Å². The molecule has 0 aliphatic rings. The number of hydrogen-bond donors (Lipinski definition) is 4. The van der Waals surface area contributed by atoms with Crippen molar-refractivity contribution in [2.45, 2.75) is 12.5 Å². The SMILES string of the molecule is O=C(O)C(CS)CC(O)CO. The second kappa shape index (κ2) is 5.40. The Morgan fingerprint density at radius 1 is 1.55 bits per heavy atom.